The molecule has 138 valence electrons. The van der Waals surface area contributed by atoms with Gasteiger partial charge in [-0.3, -0.25) is 19.7 Å². The van der Waals surface area contributed by atoms with Gasteiger partial charge < -0.3 is 10.2 Å². The van der Waals surface area contributed by atoms with Crippen LogP contribution in [-0.2, 0) is 4.79 Å². The molecule has 2 amide bonds. The smallest absolute Gasteiger partial charge is 0.269 e. The number of hydrogen-bond acceptors (Lipinski definition) is 6. The minimum Gasteiger partial charge on any atom is -0.327 e. The summed E-state index contributed by atoms with van der Waals surface area (Å²) in [6, 6.07) is 5.19. The van der Waals surface area contributed by atoms with Crippen LogP contribution in [0.25, 0.3) is 0 Å². The standard InChI is InChI=1S/C17H20N4O4S/c1-4-11(2)20(10-15(22)19-17-18-9-12(3)26-17)16(23)13-5-7-14(8-6-13)21(24)25/h5-9,11H,4,10H2,1-3H3,(H,18,19,22)/t11-/m1/s1. The lowest BCUT2D eigenvalue weighted by Crippen LogP contribution is -2.43. The Balaban J connectivity index is 2.13. The number of nitro groups is 1. The molecule has 2 aromatic rings. The van der Waals surface area contributed by atoms with E-state index in [1.165, 1.54) is 40.5 Å². The zero-order valence-electron chi connectivity index (χ0n) is 14.8. The van der Waals surface area contributed by atoms with E-state index in [0.717, 1.165) is 4.88 Å². The molecule has 0 bridgehead atoms. The first-order valence-corrected chi connectivity index (χ1v) is 8.91. The highest BCUT2D eigenvalue weighted by Gasteiger charge is 2.24. The minimum absolute atomic E-state index is 0.0893. The monoisotopic (exact) mass is 376 g/mol. The maximum atomic E-state index is 12.8. The summed E-state index contributed by atoms with van der Waals surface area (Å²) in [5, 5.41) is 13.9. The first-order valence-electron chi connectivity index (χ1n) is 8.09. The van der Waals surface area contributed by atoms with E-state index in [-0.39, 0.29) is 30.1 Å². The van der Waals surface area contributed by atoms with Crippen LogP contribution in [0.3, 0.4) is 0 Å². The molecule has 0 saturated carbocycles. The molecule has 1 atom stereocenters. The third-order valence-corrected chi connectivity index (χ3v) is 4.72. The molecule has 0 spiro atoms. The van der Waals surface area contributed by atoms with Gasteiger partial charge in [-0.25, -0.2) is 4.98 Å². The van der Waals surface area contributed by atoms with Gasteiger partial charge in [-0.15, -0.1) is 11.3 Å². The summed E-state index contributed by atoms with van der Waals surface area (Å²) in [6.07, 6.45) is 2.33. The Morgan fingerprint density at radius 1 is 1.35 bits per heavy atom. The highest BCUT2D eigenvalue weighted by molar-refractivity contribution is 7.15. The fourth-order valence-electron chi connectivity index (χ4n) is 2.27. The number of carbonyl (C=O) groups excluding carboxylic acids is 2. The van der Waals surface area contributed by atoms with Crippen molar-refractivity contribution in [1.82, 2.24) is 9.88 Å². The van der Waals surface area contributed by atoms with Crippen molar-refractivity contribution < 1.29 is 14.5 Å². The molecule has 9 heteroatoms. The van der Waals surface area contributed by atoms with Crippen molar-refractivity contribution in [2.75, 3.05) is 11.9 Å². The van der Waals surface area contributed by atoms with Crippen molar-refractivity contribution in [3.63, 3.8) is 0 Å². The SMILES string of the molecule is CC[C@@H](C)N(CC(=O)Nc1ncc(C)s1)C(=O)c1ccc([N+](=O)[O-])cc1. The molecule has 0 aliphatic rings. The Hall–Kier alpha value is -2.81. The molecule has 0 aliphatic heterocycles. The molecule has 1 N–H and O–H groups in total. The van der Waals surface area contributed by atoms with Gasteiger partial charge in [0.05, 0.1) is 4.92 Å². The van der Waals surface area contributed by atoms with Crippen molar-refractivity contribution in [3.8, 4) is 0 Å². The zero-order valence-corrected chi connectivity index (χ0v) is 15.6. The van der Waals surface area contributed by atoms with Crippen LogP contribution in [0.5, 0.6) is 0 Å². The molecule has 26 heavy (non-hydrogen) atoms. The molecule has 1 aromatic carbocycles. The van der Waals surface area contributed by atoms with Crippen molar-refractivity contribution in [2.24, 2.45) is 0 Å². The maximum Gasteiger partial charge on any atom is 0.269 e. The molecule has 1 aromatic heterocycles. The van der Waals surface area contributed by atoms with Crippen LogP contribution in [0, 0.1) is 17.0 Å². The van der Waals surface area contributed by atoms with Crippen LogP contribution in [0.4, 0.5) is 10.8 Å². The minimum atomic E-state index is -0.524. The Morgan fingerprint density at radius 3 is 2.50 bits per heavy atom. The number of thiazole rings is 1. The molecule has 0 aliphatic carbocycles. The topological polar surface area (TPSA) is 105 Å². The van der Waals surface area contributed by atoms with Gasteiger partial charge in [0, 0.05) is 34.8 Å². The van der Waals surface area contributed by atoms with Gasteiger partial charge in [0.1, 0.15) is 6.54 Å². The summed E-state index contributed by atoms with van der Waals surface area (Å²) >= 11 is 1.36. The first kappa shape index (κ1) is 19.5. The normalized spacial score (nSPS) is 11.7. The fraction of sp³-hybridized carbons (Fsp3) is 0.353. The number of non-ortho nitro benzene ring substituents is 1. The summed E-state index contributed by atoms with van der Waals surface area (Å²) in [6.45, 7) is 5.54. The number of nitrogens with zero attached hydrogens (tertiary/aromatic N) is 3. The molecule has 1 heterocycles. The second-order valence-electron chi connectivity index (χ2n) is 5.82. The highest BCUT2D eigenvalue weighted by Crippen LogP contribution is 2.18. The molecule has 0 saturated heterocycles. The molecular weight excluding hydrogens is 356 g/mol. The van der Waals surface area contributed by atoms with Gasteiger partial charge in [0.2, 0.25) is 5.91 Å². The number of anilines is 1. The average Bonchev–Trinajstić information content (AvgIpc) is 3.03. The second kappa shape index (κ2) is 8.52. The van der Waals surface area contributed by atoms with Gasteiger partial charge >= 0.3 is 0 Å². The van der Waals surface area contributed by atoms with Gasteiger partial charge in [-0.05, 0) is 32.4 Å². The van der Waals surface area contributed by atoms with Crippen LogP contribution in [0.15, 0.2) is 30.5 Å². The van der Waals surface area contributed by atoms with Crippen LogP contribution >= 0.6 is 11.3 Å². The average molecular weight is 376 g/mol. The van der Waals surface area contributed by atoms with E-state index in [4.69, 9.17) is 0 Å². The first-order chi connectivity index (χ1) is 12.3. The van der Waals surface area contributed by atoms with Crippen molar-refractivity contribution in [1.29, 1.82) is 0 Å². The number of amides is 2. The number of carbonyl (C=O) groups is 2. The third-order valence-electron chi connectivity index (χ3n) is 3.89. The summed E-state index contributed by atoms with van der Waals surface area (Å²) in [5.74, 6) is -0.686. The largest absolute Gasteiger partial charge is 0.327 e. The van der Waals surface area contributed by atoms with Gasteiger partial charge in [0.15, 0.2) is 5.13 Å². The summed E-state index contributed by atoms with van der Waals surface area (Å²) < 4.78 is 0. The van der Waals surface area contributed by atoms with Gasteiger partial charge in [-0.2, -0.15) is 0 Å². The lowest BCUT2D eigenvalue weighted by Gasteiger charge is -2.28. The number of rotatable bonds is 7. The number of benzene rings is 1. The van der Waals surface area contributed by atoms with E-state index in [1.54, 1.807) is 6.20 Å². The summed E-state index contributed by atoms with van der Waals surface area (Å²) in [7, 11) is 0. The molecular formula is C17H20N4O4S. The molecule has 8 nitrogen and oxygen atoms in total. The second-order valence-corrected chi connectivity index (χ2v) is 7.05. The van der Waals surface area contributed by atoms with Crippen molar-refractivity contribution >= 4 is 34.0 Å². The number of nitrogens with one attached hydrogen (secondary N) is 1. The van der Waals surface area contributed by atoms with Crippen molar-refractivity contribution in [3.05, 3.63) is 51.0 Å². The Bertz CT molecular complexity index is 803. The fourth-order valence-corrected chi connectivity index (χ4v) is 2.95. The van der Waals surface area contributed by atoms with E-state index < -0.39 is 4.92 Å². The van der Waals surface area contributed by atoms with Crippen LogP contribution in [0.2, 0.25) is 0 Å². The van der Waals surface area contributed by atoms with E-state index >= 15 is 0 Å². The van der Waals surface area contributed by atoms with Crippen LogP contribution < -0.4 is 5.32 Å². The van der Waals surface area contributed by atoms with E-state index in [1.807, 2.05) is 20.8 Å². The molecule has 0 radical (unpaired) electrons. The lowest BCUT2D eigenvalue weighted by molar-refractivity contribution is -0.384. The lowest BCUT2D eigenvalue weighted by atomic mass is 10.1. The summed E-state index contributed by atoms with van der Waals surface area (Å²) in [4.78, 5) is 41.8. The zero-order chi connectivity index (χ0) is 19.3. The van der Waals surface area contributed by atoms with E-state index in [9.17, 15) is 19.7 Å². The quantitative estimate of drug-likeness (QED) is 0.590. The van der Waals surface area contributed by atoms with E-state index in [0.29, 0.717) is 17.1 Å². The Morgan fingerprint density at radius 2 is 2.00 bits per heavy atom. The predicted molar refractivity (Wildman–Crippen MR) is 99.4 cm³/mol. The van der Waals surface area contributed by atoms with Gasteiger partial charge in [-0.1, -0.05) is 6.92 Å². The molecule has 0 fully saturated rings. The number of aryl methyl sites for hydroxylation is 1. The number of hydrogen-bond donors (Lipinski definition) is 1. The number of aromatic nitrogens is 1. The third kappa shape index (κ3) is 4.85. The van der Waals surface area contributed by atoms with Crippen LogP contribution in [-0.4, -0.2) is 39.2 Å². The number of nitro benzene ring substituents is 1. The van der Waals surface area contributed by atoms with Crippen LogP contribution in [0.1, 0.15) is 35.5 Å². The predicted octanol–water partition coefficient (Wildman–Crippen LogP) is 3.24. The Kier molecular flexibility index (Phi) is 6.40. The molecule has 0 unspecified atom stereocenters. The highest BCUT2D eigenvalue weighted by atomic mass is 32.1. The Labute approximate surface area is 155 Å². The van der Waals surface area contributed by atoms with Gasteiger partial charge in [0.25, 0.3) is 11.6 Å². The summed E-state index contributed by atoms with van der Waals surface area (Å²) in [5.41, 5.74) is 0.210. The van der Waals surface area contributed by atoms with E-state index in [2.05, 4.69) is 10.3 Å². The maximum absolute atomic E-state index is 12.8. The molecule has 2 rings (SSSR count). The van der Waals surface area contributed by atoms with Crippen molar-refractivity contribution in [2.45, 2.75) is 33.2 Å².